The molecule has 0 saturated heterocycles. The minimum absolute atomic E-state index is 0.225. The summed E-state index contributed by atoms with van der Waals surface area (Å²) in [5.74, 6) is 0.194. The Balaban J connectivity index is 1.92. The summed E-state index contributed by atoms with van der Waals surface area (Å²) >= 11 is 7.27. The molecular formula is C25H23ClN2O4S. The average Bonchev–Trinajstić information content (AvgIpc) is 3.08. The normalized spacial score (nSPS) is 15.9. The molecule has 170 valence electrons. The van der Waals surface area contributed by atoms with Crippen molar-refractivity contribution in [2.75, 3.05) is 7.11 Å². The highest BCUT2D eigenvalue weighted by Gasteiger charge is 2.33. The third-order valence-corrected chi connectivity index (χ3v) is 6.42. The molecule has 2 aromatic carbocycles. The highest BCUT2D eigenvalue weighted by Crippen LogP contribution is 2.31. The van der Waals surface area contributed by atoms with Crippen molar-refractivity contribution in [3.63, 3.8) is 0 Å². The Morgan fingerprint density at radius 1 is 1.15 bits per heavy atom. The van der Waals surface area contributed by atoms with Crippen LogP contribution in [0.25, 0.3) is 6.08 Å². The molecule has 0 fully saturated rings. The Kier molecular flexibility index (Phi) is 6.54. The number of thiazole rings is 1. The molecular weight excluding hydrogens is 460 g/mol. The topological polar surface area (TPSA) is 69.9 Å². The van der Waals surface area contributed by atoms with E-state index in [0.717, 1.165) is 11.1 Å². The van der Waals surface area contributed by atoms with Crippen molar-refractivity contribution in [1.82, 2.24) is 4.57 Å². The molecule has 0 spiro atoms. The van der Waals surface area contributed by atoms with Gasteiger partial charge in [-0.25, -0.2) is 9.79 Å². The molecule has 8 heteroatoms. The number of esters is 1. The molecule has 1 aromatic heterocycles. The molecule has 0 unspecified atom stereocenters. The number of nitrogens with zero attached hydrogens (tertiary/aromatic N) is 2. The maximum Gasteiger partial charge on any atom is 0.338 e. The zero-order chi connectivity index (χ0) is 23.7. The summed E-state index contributed by atoms with van der Waals surface area (Å²) in [6, 6.07) is 13.9. The van der Waals surface area contributed by atoms with Crippen molar-refractivity contribution in [1.29, 1.82) is 0 Å². The molecule has 6 nitrogen and oxygen atoms in total. The van der Waals surface area contributed by atoms with E-state index >= 15 is 0 Å². The highest BCUT2D eigenvalue weighted by atomic mass is 35.5. The summed E-state index contributed by atoms with van der Waals surface area (Å²) in [7, 11) is 1.59. The Labute approximate surface area is 200 Å². The molecule has 4 rings (SSSR count). The summed E-state index contributed by atoms with van der Waals surface area (Å²) in [4.78, 5) is 31.7. The molecule has 0 amide bonds. The first kappa shape index (κ1) is 23.0. The van der Waals surface area contributed by atoms with E-state index in [1.54, 1.807) is 62.8 Å². The van der Waals surface area contributed by atoms with Gasteiger partial charge in [0.2, 0.25) is 0 Å². The van der Waals surface area contributed by atoms with Gasteiger partial charge >= 0.3 is 5.97 Å². The monoisotopic (exact) mass is 482 g/mol. The third kappa shape index (κ3) is 4.65. The second-order valence-electron chi connectivity index (χ2n) is 7.86. The summed E-state index contributed by atoms with van der Waals surface area (Å²) in [6.45, 7) is 5.35. The van der Waals surface area contributed by atoms with Gasteiger partial charge in [-0.15, -0.1) is 0 Å². The van der Waals surface area contributed by atoms with E-state index in [1.807, 2.05) is 24.3 Å². The fourth-order valence-electron chi connectivity index (χ4n) is 3.67. The van der Waals surface area contributed by atoms with Crippen LogP contribution in [0.2, 0.25) is 5.02 Å². The molecule has 1 aliphatic heterocycles. The van der Waals surface area contributed by atoms with Gasteiger partial charge in [-0.1, -0.05) is 47.2 Å². The maximum atomic E-state index is 13.5. The predicted molar refractivity (Wildman–Crippen MR) is 129 cm³/mol. The van der Waals surface area contributed by atoms with Crippen LogP contribution < -0.4 is 19.6 Å². The molecule has 0 aliphatic carbocycles. The zero-order valence-corrected chi connectivity index (χ0v) is 20.2. The van der Waals surface area contributed by atoms with Gasteiger partial charge in [0.25, 0.3) is 5.56 Å². The second-order valence-corrected chi connectivity index (χ2v) is 9.31. The van der Waals surface area contributed by atoms with Gasteiger partial charge in [0.05, 0.1) is 35.1 Å². The van der Waals surface area contributed by atoms with Gasteiger partial charge in [-0.3, -0.25) is 9.36 Å². The smallest absolute Gasteiger partial charge is 0.338 e. The molecule has 0 saturated carbocycles. The largest absolute Gasteiger partial charge is 0.497 e. The van der Waals surface area contributed by atoms with Crippen LogP contribution in [0.15, 0.2) is 69.6 Å². The fraction of sp³-hybridized carbons (Fsp3) is 0.240. The number of halogens is 1. The van der Waals surface area contributed by atoms with Crippen molar-refractivity contribution in [3.05, 3.63) is 95.6 Å². The molecule has 2 heterocycles. The fourth-order valence-corrected chi connectivity index (χ4v) is 4.84. The highest BCUT2D eigenvalue weighted by molar-refractivity contribution is 7.07. The van der Waals surface area contributed by atoms with Crippen molar-refractivity contribution >= 4 is 35.0 Å². The lowest BCUT2D eigenvalue weighted by atomic mass is 9.96. The van der Waals surface area contributed by atoms with E-state index in [9.17, 15) is 9.59 Å². The summed E-state index contributed by atoms with van der Waals surface area (Å²) in [5.41, 5.74) is 2.26. The Hall–Kier alpha value is -3.16. The van der Waals surface area contributed by atoms with Gasteiger partial charge in [-0.05, 0) is 62.2 Å². The zero-order valence-electron chi connectivity index (χ0n) is 18.7. The quantitative estimate of drug-likeness (QED) is 0.518. The third-order valence-electron chi connectivity index (χ3n) is 5.18. The van der Waals surface area contributed by atoms with Crippen LogP contribution in [0.4, 0.5) is 0 Å². The van der Waals surface area contributed by atoms with E-state index in [-0.39, 0.29) is 11.7 Å². The van der Waals surface area contributed by atoms with Gasteiger partial charge in [0.15, 0.2) is 4.80 Å². The number of allylic oxidation sites excluding steroid dienone is 1. The maximum absolute atomic E-state index is 13.5. The SMILES string of the molecule is COc1ccc([C@@H]2C(C(=O)OC(C)C)=C(C)N=c3s/c(=C/c4ccc(Cl)cc4)c(=O)n32)cc1. The average molecular weight is 483 g/mol. The standard InChI is InChI=1S/C25H23ClN2O4S/c1-14(2)32-24(30)21-15(3)27-25-28(22(21)17-7-11-19(31-4)12-8-17)23(29)20(33-25)13-16-5-9-18(26)10-6-16/h5-14,22H,1-4H3/b20-13+/t22-/m1/s1. The lowest BCUT2D eigenvalue weighted by Gasteiger charge is -2.25. The van der Waals surface area contributed by atoms with Crippen molar-refractivity contribution in [2.45, 2.75) is 32.9 Å². The van der Waals surface area contributed by atoms with Crippen molar-refractivity contribution < 1.29 is 14.3 Å². The van der Waals surface area contributed by atoms with Crippen LogP contribution in [-0.4, -0.2) is 23.8 Å². The summed E-state index contributed by atoms with van der Waals surface area (Å²) < 4.78 is 12.9. The van der Waals surface area contributed by atoms with Crippen molar-refractivity contribution in [3.8, 4) is 5.75 Å². The predicted octanol–water partition coefficient (Wildman–Crippen LogP) is 3.85. The number of rotatable bonds is 5. The van der Waals surface area contributed by atoms with Crippen LogP contribution in [-0.2, 0) is 9.53 Å². The van der Waals surface area contributed by atoms with E-state index in [2.05, 4.69) is 4.99 Å². The van der Waals surface area contributed by atoms with Gasteiger partial charge < -0.3 is 9.47 Å². The number of benzene rings is 2. The molecule has 1 aliphatic rings. The summed E-state index contributed by atoms with van der Waals surface area (Å²) in [6.07, 6.45) is 1.50. The molecule has 33 heavy (non-hydrogen) atoms. The lowest BCUT2D eigenvalue weighted by Crippen LogP contribution is -2.40. The Morgan fingerprint density at radius 3 is 2.42 bits per heavy atom. The van der Waals surface area contributed by atoms with Crippen LogP contribution >= 0.6 is 22.9 Å². The van der Waals surface area contributed by atoms with E-state index in [1.165, 1.54) is 11.3 Å². The van der Waals surface area contributed by atoms with Gasteiger partial charge in [-0.2, -0.15) is 0 Å². The molecule has 1 atom stereocenters. The summed E-state index contributed by atoms with van der Waals surface area (Å²) in [5, 5.41) is 0.622. The first-order chi connectivity index (χ1) is 15.8. The number of hydrogen-bond acceptors (Lipinski definition) is 6. The lowest BCUT2D eigenvalue weighted by molar-refractivity contribution is -0.143. The molecule has 3 aromatic rings. The minimum Gasteiger partial charge on any atom is -0.497 e. The molecule has 0 N–H and O–H groups in total. The molecule has 0 bridgehead atoms. The van der Waals surface area contributed by atoms with Gasteiger partial charge in [0.1, 0.15) is 5.75 Å². The van der Waals surface area contributed by atoms with Crippen LogP contribution in [0.5, 0.6) is 5.75 Å². The number of carbonyl (C=O) groups is 1. The van der Waals surface area contributed by atoms with E-state index in [4.69, 9.17) is 21.1 Å². The van der Waals surface area contributed by atoms with E-state index < -0.39 is 12.0 Å². The number of fused-ring (bicyclic) bond motifs is 1. The second kappa shape index (κ2) is 9.37. The first-order valence-electron chi connectivity index (χ1n) is 10.4. The number of carbonyl (C=O) groups excluding carboxylic acids is 1. The Morgan fingerprint density at radius 2 is 1.82 bits per heavy atom. The number of methoxy groups -OCH3 is 1. The van der Waals surface area contributed by atoms with E-state index in [0.29, 0.717) is 31.4 Å². The van der Waals surface area contributed by atoms with Crippen LogP contribution in [0.1, 0.15) is 37.9 Å². The van der Waals surface area contributed by atoms with Crippen LogP contribution in [0.3, 0.4) is 0 Å². The minimum atomic E-state index is -0.661. The number of ether oxygens (including phenoxy) is 2. The number of aromatic nitrogens is 1. The first-order valence-corrected chi connectivity index (χ1v) is 11.6. The molecule has 0 radical (unpaired) electrons. The number of hydrogen-bond donors (Lipinski definition) is 0. The van der Waals surface area contributed by atoms with Crippen LogP contribution in [0, 0.1) is 0 Å². The van der Waals surface area contributed by atoms with Gasteiger partial charge in [0, 0.05) is 5.02 Å². The van der Waals surface area contributed by atoms with Crippen molar-refractivity contribution in [2.24, 2.45) is 4.99 Å². The Bertz CT molecular complexity index is 1400.